The van der Waals surface area contributed by atoms with Crippen molar-refractivity contribution in [3.8, 4) is 0 Å². The van der Waals surface area contributed by atoms with Gasteiger partial charge in [0.05, 0.1) is 12.3 Å². The molecule has 4 rings (SSSR count). The highest BCUT2D eigenvalue weighted by molar-refractivity contribution is 7.99. The molecule has 0 saturated heterocycles. The van der Waals surface area contributed by atoms with Crippen LogP contribution < -0.4 is 21.9 Å². The van der Waals surface area contributed by atoms with Crippen molar-refractivity contribution >= 4 is 34.8 Å². The second-order valence-electron chi connectivity index (χ2n) is 8.16. The van der Waals surface area contributed by atoms with Gasteiger partial charge in [-0.05, 0) is 23.6 Å². The summed E-state index contributed by atoms with van der Waals surface area (Å²) in [6.07, 6.45) is 1.82. The third kappa shape index (κ3) is 4.88. The predicted octanol–water partition coefficient (Wildman–Crippen LogP) is 1.99. The van der Waals surface area contributed by atoms with E-state index in [1.807, 2.05) is 68.6 Å². The Balaban J connectivity index is 1.66. The fourth-order valence-corrected chi connectivity index (χ4v) is 4.37. The molecule has 0 saturated carbocycles. The van der Waals surface area contributed by atoms with E-state index < -0.39 is 11.2 Å². The minimum Gasteiger partial charge on any atom is -0.383 e. The van der Waals surface area contributed by atoms with E-state index in [0.29, 0.717) is 10.8 Å². The van der Waals surface area contributed by atoms with Gasteiger partial charge in [-0.2, -0.15) is 0 Å². The molecule has 34 heavy (non-hydrogen) atoms. The summed E-state index contributed by atoms with van der Waals surface area (Å²) in [5, 5.41) is 8.79. The van der Waals surface area contributed by atoms with Gasteiger partial charge in [-0.25, -0.2) is 4.79 Å². The Morgan fingerprint density at radius 2 is 1.85 bits per heavy atom. The number of hydrogen-bond acceptors (Lipinski definition) is 7. The van der Waals surface area contributed by atoms with Crippen molar-refractivity contribution in [2.75, 3.05) is 22.9 Å². The number of aromatic nitrogens is 5. The fourth-order valence-electron chi connectivity index (χ4n) is 3.57. The van der Waals surface area contributed by atoms with Gasteiger partial charge in [0.2, 0.25) is 5.91 Å². The first-order valence-corrected chi connectivity index (χ1v) is 11.7. The van der Waals surface area contributed by atoms with Crippen LogP contribution in [0, 0.1) is 5.92 Å². The van der Waals surface area contributed by atoms with Crippen LogP contribution in [0.15, 0.2) is 69.5 Å². The summed E-state index contributed by atoms with van der Waals surface area (Å²) in [4.78, 5) is 42.4. The van der Waals surface area contributed by atoms with E-state index in [-0.39, 0.29) is 42.2 Å². The number of nitrogens with one attached hydrogen (secondary N) is 1. The number of nitrogens with two attached hydrogens (primary N) is 1. The molecule has 1 aromatic carbocycles. The lowest BCUT2D eigenvalue weighted by Crippen LogP contribution is -2.43. The molecule has 176 valence electrons. The van der Waals surface area contributed by atoms with Crippen LogP contribution in [0.2, 0.25) is 0 Å². The summed E-state index contributed by atoms with van der Waals surface area (Å²) in [6, 6.07) is 14.8. The molecule has 0 bridgehead atoms. The molecule has 3 aromatic heterocycles. The standard InChI is InChI=1S/C23H25N7O3S/c1-15(2)12-29(18(31)14-34-23-27-26-17-10-6-7-11-28(17)23)19-20(24)30(22(33)25-21(19)32)13-16-8-4-3-5-9-16/h3-11,15H,12-14,24H2,1-2H3,(H,25,32,33). The van der Waals surface area contributed by atoms with E-state index >= 15 is 0 Å². The van der Waals surface area contributed by atoms with Gasteiger partial charge in [-0.3, -0.25) is 23.5 Å². The normalized spacial score (nSPS) is 11.3. The van der Waals surface area contributed by atoms with Gasteiger partial charge in [0, 0.05) is 12.7 Å². The van der Waals surface area contributed by atoms with E-state index in [1.54, 1.807) is 4.40 Å². The molecular weight excluding hydrogens is 454 g/mol. The monoisotopic (exact) mass is 479 g/mol. The van der Waals surface area contributed by atoms with Crippen molar-refractivity contribution < 1.29 is 4.79 Å². The minimum absolute atomic E-state index is 0.0130. The first-order valence-electron chi connectivity index (χ1n) is 10.7. The number of rotatable bonds is 8. The zero-order valence-corrected chi connectivity index (χ0v) is 19.7. The minimum atomic E-state index is -0.696. The van der Waals surface area contributed by atoms with E-state index in [9.17, 15) is 14.4 Å². The van der Waals surface area contributed by atoms with Crippen molar-refractivity contribution in [2.45, 2.75) is 25.5 Å². The third-order valence-corrected chi connectivity index (χ3v) is 6.05. The molecule has 4 aromatic rings. The Bertz CT molecular complexity index is 1430. The maximum Gasteiger partial charge on any atom is 0.330 e. The molecule has 0 aliphatic heterocycles. The van der Waals surface area contributed by atoms with Crippen molar-refractivity contribution in [1.29, 1.82) is 0 Å². The summed E-state index contributed by atoms with van der Waals surface area (Å²) < 4.78 is 3.05. The SMILES string of the molecule is CC(C)CN(C(=O)CSc1nnc2ccccn12)c1c(N)n(Cc2ccccc2)c(=O)[nH]c1=O. The average molecular weight is 480 g/mol. The second-order valence-corrected chi connectivity index (χ2v) is 9.11. The average Bonchev–Trinajstić information content (AvgIpc) is 3.23. The Morgan fingerprint density at radius 1 is 1.12 bits per heavy atom. The molecule has 1 amide bonds. The molecule has 0 fully saturated rings. The Morgan fingerprint density at radius 3 is 2.59 bits per heavy atom. The van der Waals surface area contributed by atoms with Crippen LogP contribution in [-0.2, 0) is 11.3 Å². The van der Waals surface area contributed by atoms with Crippen molar-refractivity contribution in [1.82, 2.24) is 24.1 Å². The Hall–Kier alpha value is -3.86. The van der Waals surface area contributed by atoms with Gasteiger partial charge in [0.25, 0.3) is 5.56 Å². The van der Waals surface area contributed by atoms with Gasteiger partial charge >= 0.3 is 5.69 Å². The van der Waals surface area contributed by atoms with Crippen LogP contribution in [0.25, 0.3) is 5.65 Å². The lowest BCUT2D eigenvalue weighted by molar-refractivity contribution is -0.116. The number of amides is 1. The molecule has 0 unspecified atom stereocenters. The van der Waals surface area contributed by atoms with Crippen LogP contribution in [0.1, 0.15) is 19.4 Å². The highest BCUT2D eigenvalue weighted by Crippen LogP contribution is 2.23. The number of nitrogen functional groups attached to an aromatic ring is 1. The van der Waals surface area contributed by atoms with Crippen molar-refractivity contribution in [2.24, 2.45) is 5.92 Å². The molecule has 0 radical (unpaired) electrons. The molecule has 3 N–H and O–H groups in total. The molecular formula is C23H25N7O3S. The molecule has 10 nitrogen and oxygen atoms in total. The summed E-state index contributed by atoms with van der Waals surface area (Å²) in [5.41, 5.74) is 6.49. The van der Waals surface area contributed by atoms with Crippen LogP contribution >= 0.6 is 11.8 Å². The number of thioether (sulfide) groups is 1. The second kappa shape index (κ2) is 9.96. The zero-order valence-electron chi connectivity index (χ0n) is 18.8. The van der Waals surface area contributed by atoms with Gasteiger partial charge in [0.1, 0.15) is 5.82 Å². The summed E-state index contributed by atoms with van der Waals surface area (Å²) in [7, 11) is 0. The van der Waals surface area contributed by atoms with Crippen LogP contribution in [0.3, 0.4) is 0 Å². The third-order valence-electron chi connectivity index (χ3n) is 5.12. The molecule has 0 aliphatic carbocycles. The number of anilines is 2. The number of hydrogen-bond donors (Lipinski definition) is 2. The number of fused-ring (bicyclic) bond motifs is 1. The number of H-pyrrole nitrogens is 1. The lowest BCUT2D eigenvalue weighted by Gasteiger charge is -2.26. The van der Waals surface area contributed by atoms with Gasteiger partial charge < -0.3 is 10.6 Å². The molecule has 3 heterocycles. The van der Waals surface area contributed by atoms with Gasteiger partial charge in [-0.15, -0.1) is 10.2 Å². The molecule has 0 spiro atoms. The lowest BCUT2D eigenvalue weighted by atomic mass is 10.2. The Kier molecular flexibility index (Phi) is 6.82. The number of carbonyl (C=O) groups is 1. The largest absolute Gasteiger partial charge is 0.383 e. The van der Waals surface area contributed by atoms with E-state index in [4.69, 9.17) is 5.73 Å². The van der Waals surface area contributed by atoms with E-state index in [1.165, 1.54) is 21.2 Å². The molecule has 0 atom stereocenters. The van der Waals surface area contributed by atoms with E-state index in [0.717, 1.165) is 5.56 Å². The summed E-state index contributed by atoms with van der Waals surface area (Å²) in [6.45, 7) is 4.30. The maximum atomic E-state index is 13.3. The fraction of sp³-hybridized carbons (Fsp3) is 0.261. The van der Waals surface area contributed by atoms with Crippen LogP contribution in [-0.4, -0.2) is 42.4 Å². The number of pyridine rings is 1. The van der Waals surface area contributed by atoms with E-state index in [2.05, 4.69) is 15.2 Å². The molecule has 0 aliphatic rings. The number of carbonyl (C=O) groups excluding carboxylic acids is 1. The molecule has 11 heteroatoms. The number of aromatic amines is 1. The highest BCUT2D eigenvalue weighted by Gasteiger charge is 2.25. The highest BCUT2D eigenvalue weighted by atomic mass is 32.2. The van der Waals surface area contributed by atoms with Gasteiger partial charge in [0.15, 0.2) is 16.5 Å². The van der Waals surface area contributed by atoms with Crippen molar-refractivity contribution in [3.05, 3.63) is 81.1 Å². The smallest absolute Gasteiger partial charge is 0.330 e. The Labute approximate surface area is 199 Å². The zero-order chi connectivity index (χ0) is 24.2. The summed E-state index contributed by atoms with van der Waals surface area (Å²) in [5.74, 6) is -0.312. The number of nitrogens with zero attached hydrogens (tertiary/aromatic N) is 5. The van der Waals surface area contributed by atoms with Gasteiger partial charge in [-0.1, -0.05) is 62.0 Å². The predicted molar refractivity (Wildman–Crippen MR) is 132 cm³/mol. The van der Waals surface area contributed by atoms with Crippen LogP contribution in [0.4, 0.5) is 11.5 Å². The number of benzene rings is 1. The maximum absolute atomic E-state index is 13.3. The van der Waals surface area contributed by atoms with Crippen LogP contribution in [0.5, 0.6) is 0 Å². The van der Waals surface area contributed by atoms with Crippen molar-refractivity contribution in [3.63, 3.8) is 0 Å². The first kappa shape index (κ1) is 23.3. The quantitative estimate of drug-likeness (QED) is 0.370. The topological polar surface area (TPSA) is 131 Å². The first-order chi connectivity index (χ1) is 16.3. The summed E-state index contributed by atoms with van der Waals surface area (Å²) >= 11 is 1.21.